The first-order valence-corrected chi connectivity index (χ1v) is 7.85. The molecule has 1 fully saturated rings. The van der Waals surface area contributed by atoms with Gasteiger partial charge in [0.25, 0.3) is 0 Å². The lowest BCUT2D eigenvalue weighted by atomic mass is 9.94. The number of carbonyl (C=O) groups is 1. The minimum Gasteiger partial charge on any atom is -0.493 e. The topological polar surface area (TPSA) is 54.0 Å². The fraction of sp³-hybridized carbons (Fsp3) is 0.588. The summed E-state index contributed by atoms with van der Waals surface area (Å²) in [7, 11) is 5.29. The third-order valence-corrected chi connectivity index (χ3v) is 4.32. The maximum Gasteiger partial charge on any atom is 0.318 e. The van der Waals surface area contributed by atoms with Gasteiger partial charge in [0.05, 0.1) is 19.8 Å². The van der Waals surface area contributed by atoms with E-state index in [4.69, 9.17) is 9.47 Å². The van der Waals surface area contributed by atoms with Crippen LogP contribution in [0.4, 0.5) is 4.79 Å². The number of hydrogen-bond acceptors (Lipinski definition) is 4. The molecule has 0 radical (unpaired) electrons. The summed E-state index contributed by atoms with van der Waals surface area (Å²) < 4.78 is 10.6. The van der Waals surface area contributed by atoms with Gasteiger partial charge in [-0.1, -0.05) is 6.07 Å². The van der Waals surface area contributed by atoms with Crippen LogP contribution < -0.4 is 14.8 Å². The average Bonchev–Trinajstić information content (AvgIpc) is 2.54. The molecule has 0 saturated carbocycles. The van der Waals surface area contributed by atoms with Crippen molar-refractivity contribution in [1.82, 2.24) is 15.1 Å². The first-order valence-electron chi connectivity index (χ1n) is 7.85. The van der Waals surface area contributed by atoms with Gasteiger partial charge in [0.1, 0.15) is 0 Å². The van der Waals surface area contributed by atoms with Crippen LogP contribution in [-0.4, -0.2) is 63.3 Å². The minimum absolute atomic E-state index is 0.0297. The molecule has 23 heavy (non-hydrogen) atoms. The van der Waals surface area contributed by atoms with Crippen LogP contribution >= 0.6 is 0 Å². The predicted octanol–water partition coefficient (Wildman–Crippen LogP) is 1.90. The summed E-state index contributed by atoms with van der Waals surface area (Å²) in [5.41, 5.74) is 0.470. The third kappa shape index (κ3) is 4.07. The first kappa shape index (κ1) is 17.4. The van der Waals surface area contributed by atoms with E-state index in [1.54, 1.807) is 14.2 Å². The summed E-state index contributed by atoms with van der Waals surface area (Å²) in [6.45, 7) is 7.30. The van der Waals surface area contributed by atoms with Gasteiger partial charge in [-0.25, -0.2) is 4.79 Å². The lowest BCUT2D eigenvalue weighted by Gasteiger charge is -2.36. The zero-order chi connectivity index (χ0) is 17.0. The summed E-state index contributed by atoms with van der Waals surface area (Å²) >= 11 is 0. The van der Waals surface area contributed by atoms with Crippen molar-refractivity contribution in [3.8, 4) is 11.5 Å². The van der Waals surface area contributed by atoms with Crippen LogP contribution in [-0.2, 0) is 5.54 Å². The number of urea groups is 1. The van der Waals surface area contributed by atoms with Gasteiger partial charge in [-0.2, -0.15) is 0 Å². The van der Waals surface area contributed by atoms with Gasteiger partial charge in [-0.15, -0.1) is 0 Å². The average molecular weight is 321 g/mol. The molecule has 0 spiro atoms. The summed E-state index contributed by atoms with van der Waals surface area (Å²) in [6.07, 6.45) is 0. The highest BCUT2D eigenvalue weighted by molar-refractivity contribution is 5.75. The summed E-state index contributed by atoms with van der Waals surface area (Å²) in [5, 5.41) is 3.12. The number of methoxy groups -OCH3 is 2. The van der Waals surface area contributed by atoms with E-state index in [9.17, 15) is 4.79 Å². The van der Waals surface area contributed by atoms with Crippen LogP contribution in [0, 0.1) is 0 Å². The first-order chi connectivity index (χ1) is 10.9. The second kappa shape index (κ2) is 7.08. The van der Waals surface area contributed by atoms with E-state index in [-0.39, 0.29) is 6.03 Å². The molecule has 0 atom stereocenters. The molecule has 1 heterocycles. The van der Waals surface area contributed by atoms with E-state index in [2.05, 4.69) is 17.3 Å². The Hall–Kier alpha value is -1.95. The molecular weight excluding hydrogens is 294 g/mol. The van der Waals surface area contributed by atoms with Crippen LogP contribution in [0.1, 0.15) is 19.4 Å². The molecule has 0 bridgehead atoms. The standard InChI is InChI=1S/C17H27N3O3/c1-17(2,13-6-7-14(22-4)15(12-13)23-5)18-16(21)20-10-8-19(3)9-11-20/h6-7,12H,8-11H2,1-5H3,(H,18,21). The van der Waals surface area contributed by atoms with Crippen LogP contribution in [0.2, 0.25) is 0 Å². The second-order valence-corrected chi connectivity index (χ2v) is 6.42. The summed E-state index contributed by atoms with van der Waals surface area (Å²) in [5.74, 6) is 1.34. The fourth-order valence-corrected chi connectivity index (χ4v) is 2.65. The molecule has 128 valence electrons. The molecule has 0 unspecified atom stereocenters. The maximum absolute atomic E-state index is 12.5. The van der Waals surface area contributed by atoms with E-state index in [0.717, 1.165) is 31.7 Å². The largest absolute Gasteiger partial charge is 0.493 e. The molecule has 1 N–H and O–H groups in total. The number of piperazine rings is 1. The lowest BCUT2D eigenvalue weighted by Crippen LogP contribution is -2.54. The number of benzene rings is 1. The van der Waals surface area contributed by atoms with Crippen molar-refractivity contribution in [2.45, 2.75) is 19.4 Å². The molecule has 1 aromatic rings. The third-order valence-electron chi connectivity index (χ3n) is 4.32. The molecule has 1 aliphatic rings. The van der Waals surface area contributed by atoms with Crippen molar-refractivity contribution in [2.75, 3.05) is 47.4 Å². The van der Waals surface area contributed by atoms with Crippen molar-refractivity contribution in [2.24, 2.45) is 0 Å². The molecule has 6 nitrogen and oxygen atoms in total. The van der Waals surface area contributed by atoms with E-state index in [0.29, 0.717) is 11.5 Å². The van der Waals surface area contributed by atoms with Crippen LogP contribution in [0.5, 0.6) is 11.5 Å². The molecule has 0 aromatic heterocycles. The zero-order valence-electron chi connectivity index (χ0n) is 14.7. The van der Waals surface area contributed by atoms with Gasteiger partial charge in [0, 0.05) is 26.2 Å². The number of ether oxygens (including phenoxy) is 2. The Kier molecular flexibility index (Phi) is 5.36. The number of amides is 2. The van der Waals surface area contributed by atoms with E-state index >= 15 is 0 Å². The number of nitrogens with one attached hydrogen (secondary N) is 1. The Bertz CT molecular complexity index is 552. The van der Waals surface area contributed by atoms with E-state index < -0.39 is 5.54 Å². The Morgan fingerprint density at radius 3 is 2.26 bits per heavy atom. The number of carbonyl (C=O) groups excluding carboxylic acids is 1. The lowest BCUT2D eigenvalue weighted by molar-refractivity contribution is 0.147. The second-order valence-electron chi connectivity index (χ2n) is 6.42. The quantitative estimate of drug-likeness (QED) is 0.920. The molecule has 2 rings (SSSR count). The number of rotatable bonds is 4. The number of hydrogen-bond donors (Lipinski definition) is 1. The maximum atomic E-state index is 12.5. The Labute approximate surface area is 138 Å². The number of nitrogens with zero attached hydrogens (tertiary/aromatic N) is 2. The number of likely N-dealkylation sites (N-methyl/N-ethyl adjacent to an activating group) is 1. The van der Waals surface area contributed by atoms with Crippen molar-refractivity contribution >= 4 is 6.03 Å². The van der Waals surface area contributed by atoms with Gasteiger partial charge in [0.15, 0.2) is 11.5 Å². The van der Waals surface area contributed by atoms with Gasteiger partial charge in [0.2, 0.25) is 0 Å². The van der Waals surface area contributed by atoms with Gasteiger partial charge in [-0.3, -0.25) is 0 Å². The highest BCUT2D eigenvalue weighted by atomic mass is 16.5. The van der Waals surface area contributed by atoms with E-state index in [1.807, 2.05) is 36.9 Å². The molecule has 1 aromatic carbocycles. The molecule has 2 amide bonds. The summed E-state index contributed by atoms with van der Waals surface area (Å²) in [6, 6.07) is 5.69. The van der Waals surface area contributed by atoms with Crippen LogP contribution in [0.15, 0.2) is 18.2 Å². The normalized spacial score (nSPS) is 16.1. The smallest absolute Gasteiger partial charge is 0.318 e. The highest BCUT2D eigenvalue weighted by Crippen LogP contribution is 2.32. The van der Waals surface area contributed by atoms with Crippen LogP contribution in [0.3, 0.4) is 0 Å². The van der Waals surface area contributed by atoms with Crippen LogP contribution in [0.25, 0.3) is 0 Å². The predicted molar refractivity (Wildman–Crippen MR) is 90.2 cm³/mol. The van der Waals surface area contributed by atoms with Gasteiger partial charge in [-0.05, 0) is 38.6 Å². The summed E-state index contributed by atoms with van der Waals surface area (Å²) in [4.78, 5) is 16.6. The monoisotopic (exact) mass is 321 g/mol. The van der Waals surface area contributed by atoms with Crippen molar-refractivity contribution in [3.63, 3.8) is 0 Å². The zero-order valence-corrected chi connectivity index (χ0v) is 14.7. The van der Waals surface area contributed by atoms with Crippen molar-refractivity contribution in [3.05, 3.63) is 23.8 Å². The molecule has 0 aliphatic carbocycles. The van der Waals surface area contributed by atoms with Crippen molar-refractivity contribution < 1.29 is 14.3 Å². The minimum atomic E-state index is -0.500. The van der Waals surface area contributed by atoms with Crippen molar-refractivity contribution in [1.29, 1.82) is 0 Å². The van der Waals surface area contributed by atoms with Gasteiger partial charge < -0.3 is 24.6 Å². The van der Waals surface area contributed by atoms with Gasteiger partial charge >= 0.3 is 6.03 Å². The Balaban J connectivity index is 2.10. The molecular formula is C17H27N3O3. The highest BCUT2D eigenvalue weighted by Gasteiger charge is 2.28. The Morgan fingerprint density at radius 1 is 1.09 bits per heavy atom. The fourth-order valence-electron chi connectivity index (χ4n) is 2.65. The molecule has 1 saturated heterocycles. The van der Waals surface area contributed by atoms with E-state index in [1.165, 1.54) is 0 Å². The SMILES string of the molecule is COc1ccc(C(C)(C)NC(=O)N2CCN(C)CC2)cc1OC. The molecule has 1 aliphatic heterocycles. The molecule has 6 heteroatoms. The Morgan fingerprint density at radius 2 is 1.70 bits per heavy atom.